The second-order valence-corrected chi connectivity index (χ2v) is 8.62. The number of hydrogen-bond acceptors (Lipinski definition) is 4. The first-order valence-corrected chi connectivity index (χ1v) is 10.2. The Morgan fingerprint density at radius 3 is 2.64 bits per heavy atom. The van der Waals surface area contributed by atoms with Gasteiger partial charge in [-0.05, 0) is 29.9 Å². The Morgan fingerprint density at radius 1 is 1.16 bits per heavy atom. The van der Waals surface area contributed by atoms with Gasteiger partial charge < -0.3 is 14.2 Å². The van der Waals surface area contributed by atoms with Gasteiger partial charge in [0.1, 0.15) is 11.9 Å². The van der Waals surface area contributed by atoms with E-state index in [9.17, 15) is 9.46 Å². The summed E-state index contributed by atoms with van der Waals surface area (Å²) >= 11 is 1.55. The van der Waals surface area contributed by atoms with E-state index in [0.717, 1.165) is 21.4 Å². The number of ether oxygens (including phenoxy) is 1. The molecule has 3 aromatic rings. The van der Waals surface area contributed by atoms with Crippen molar-refractivity contribution in [2.24, 2.45) is 0 Å². The molecule has 0 bridgehead atoms. The average Bonchev–Trinajstić information content (AvgIpc) is 3.16. The second-order valence-electron chi connectivity index (χ2n) is 5.61. The maximum atomic E-state index is 12.1. The van der Waals surface area contributed by atoms with Gasteiger partial charge in [-0.2, -0.15) is 0 Å². The summed E-state index contributed by atoms with van der Waals surface area (Å²) in [5.74, 6) is 0.745. The molecule has 1 aromatic heterocycles. The average molecular weight is 377 g/mol. The monoisotopic (exact) mass is 377 g/mol. The third-order valence-corrected chi connectivity index (χ3v) is 6.44. The van der Waals surface area contributed by atoms with Gasteiger partial charge in [0.2, 0.25) is 0 Å². The Kier molecular flexibility index (Phi) is 5.57. The molecule has 0 spiro atoms. The topological polar surface area (TPSA) is 59.0 Å². The minimum Gasteiger partial charge on any atom is -0.483 e. The molecular formula is C18H20NO4PS. The molecule has 0 saturated carbocycles. The van der Waals surface area contributed by atoms with E-state index in [-0.39, 0.29) is 12.6 Å². The molecule has 2 aromatic carbocycles. The van der Waals surface area contributed by atoms with Crippen LogP contribution >= 0.6 is 19.1 Å². The number of fused-ring (bicyclic) bond motifs is 1. The first kappa shape index (κ1) is 18.1. The summed E-state index contributed by atoms with van der Waals surface area (Å²) in [6.07, 6.45) is -0.383. The van der Waals surface area contributed by atoms with Gasteiger partial charge in [-0.15, -0.1) is 11.3 Å². The Hall–Kier alpha value is -1.69. The van der Waals surface area contributed by atoms with Crippen molar-refractivity contribution in [3.8, 4) is 5.75 Å². The van der Waals surface area contributed by atoms with Gasteiger partial charge >= 0.3 is 7.75 Å². The van der Waals surface area contributed by atoms with E-state index in [1.165, 1.54) is 11.8 Å². The molecule has 1 N–H and O–H groups in total. The van der Waals surface area contributed by atoms with E-state index in [1.807, 2.05) is 60.0 Å². The summed E-state index contributed by atoms with van der Waals surface area (Å²) in [6.45, 7) is 0.228. The molecule has 5 nitrogen and oxygen atoms in total. The Labute approximate surface area is 151 Å². The predicted molar refractivity (Wildman–Crippen MR) is 101 cm³/mol. The summed E-state index contributed by atoms with van der Waals surface area (Å²) in [7, 11) is -1.04. The molecule has 25 heavy (non-hydrogen) atoms. The maximum absolute atomic E-state index is 12.1. The first-order valence-electron chi connectivity index (χ1n) is 7.79. The highest BCUT2D eigenvalue weighted by atomic mass is 32.1. The lowest BCUT2D eigenvalue weighted by Crippen LogP contribution is -2.25. The van der Waals surface area contributed by atoms with Crippen molar-refractivity contribution in [3.05, 3.63) is 64.9 Å². The van der Waals surface area contributed by atoms with Crippen LogP contribution in [0.1, 0.15) is 11.0 Å². The highest BCUT2D eigenvalue weighted by Crippen LogP contribution is 2.45. The Morgan fingerprint density at radius 2 is 1.92 bits per heavy atom. The van der Waals surface area contributed by atoms with Crippen molar-refractivity contribution < 1.29 is 18.7 Å². The zero-order chi connectivity index (χ0) is 17.9. The summed E-state index contributed by atoms with van der Waals surface area (Å²) in [6, 6.07) is 17.8. The summed E-state index contributed by atoms with van der Waals surface area (Å²) in [5, 5.41) is 4.06. The Balaban J connectivity index is 1.92. The largest absolute Gasteiger partial charge is 0.483 e. The van der Waals surface area contributed by atoms with Crippen LogP contribution in [0.25, 0.3) is 10.8 Å². The van der Waals surface area contributed by atoms with E-state index in [2.05, 4.69) is 0 Å². The summed E-state index contributed by atoms with van der Waals surface area (Å²) in [5.41, 5.74) is 0. The SMILES string of the molecule is COP(=O)(O)N(C)CC(Oc1cccc2ccccc12)c1cccs1. The van der Waals surface area contributed by atoms with Crippen molar-refractivity contribution >= 4 is 29.9 Å². The van der Waals surface area contributed by atoms with E-state index >= 15 is 0 Å². The molecule has 2 unspecified atom stereocenters. The molecule has 0 aliphatic rings. The maximum Gasteiger partial charge on any atom is 0.405 e. The number of likely N-dealkylation sites (N-methyl/N-ethyl adjacent to an activating group) is 1. The van der Waals surface area contributed by atoms with Crippen LogP contribution in [0.5, 0.6) is 5.75 Å². The van der Waals surface area contributed by atoms with Crippen LogP contribution in [0.15, 0.2) is 60.0 Å². The predicted octanol–water partition coefficient (Wildman–Crippen LogP) is 4.70. The number of nitrogens with zero attached hydrogens (tertiary/aromatic N) is 1. The van der Waals surface area contributed by atoms with Gasteiger partial charge in [-0.1, -0.05) is 42.5 Å². The zero-order valence-corrected chi connectivity index (χ0v) is 15.7. The molecule has 0 aliphatic carbocycles. The van der Waals surface area contributed by atoms with Gasteiger partial charge in [0.15, 0.2) is 0 Å². The molecule has 2 atom stereocenters. The quantitative estimate of drug-likeness (QED) is 0.605. The number of thiophene rings is 1. The molecule has 0 fully saturated rings. The minimum atomic E-state index is -3.82. The van der Waals surface area contributed by atoms with Crippen LogP contribution in [0.2, 0.25) is 0 Å². The number of benzene rings is 2. The molecule has 3 rings (SSSR count). The van der Waals surface area contributed by atoms with Gasteiger partial charge in [-0.25, -0.2) is 9.24 Å². The molecule has 7 heteroatoms. The summed E-state index contributed by atoms with van der Waals surface area (Å²) in [4.78, 5) is 10.9. The van der Waals surface area contributed by atoms with E-state index in [0.29, 0.717) is 0 Å². The molecule has 0 saturated heterocycles. The molecular weight excluding hydrogens is 357 g/mol. The van der Waals surface area contributed by atoms with Crippen molar-refractivity contribution in [2.45, 2.75) is 6.10 Å². The van der Waals surface area contributed by atoms with E-state index < -0.39 is 7.75 Å². The highest BCUT2D eigenvalue weighted by molar-refractivity contribution is 7.50. The lowest BCUT2D eigenvalue weighted by Gasteiger charge is -2.26. The van der Waals surface area contributed by atoms with Crippen LogP contribution in [0.3, 0.4) is 0 Å². The van der Waals surface area contributed by atoms with Crippen molar-refractivity contribution in [1.82, 2.24) is 4.67 Å². The van der Waals surface area contributed by atoms with Crippen LogP contribution in [0.4, 0.5) is 0 Å². The third kappa shape index (κ3) is 4.11. The van der Waals surface area contributed by atoms with Crippen LogP contribution < -0.4 is 4.74 Å². The molecule has 0 radical (unpaired) electrons. The fraction of sp³-hybridized carbons (Fsp3) is 0.222. The second kappa shape index (κ2) is 7.68. The van der Waals surface area contributed by atoms with E-state index in [1.54, 1.807) is 18.4 Å². The highest BCUT2D eigenvalue weighted by Gasteiger charge is 2.29. The summed E-state index contributed by atoms with van der Waals surface area (Å²) < 4.78 is 24.3. The Bertz CT molecular complexity index is 878. The normalized spacial score (nSPS) is 15.2. The molecule has 0 aliphatic heterocycles. The standard InChI is InChI=1S/C18H20NO4PS/c1-19(24(20,21)22-2)13-17(18-11-6-12-25-18)23-16-10-5-8-14-7-3-4-9-15(14)16/h3-12,17H,13H2,1-2H3,(H,20,21). The lowest BCUT2D eigenvalue weighted by molar-refractivity contribution is 0.164. The minimum absolute atomic E-state index is 0.228. The first-order chi connectivity index (χ1) is 12.0. The van der Waals surface area contributed by atoms with Gasteiger partial charge in [0, 0.05) is 17.4 Å². The fourth-order valence-corrected chi connectivity index (χ4v) is 3.97. The molecule has 1 heterocycles. The van der Waals surface area contributed by atoms with Gasteiger partial charge in [-0.3, -0.25) is 0 Å². The van der Waals surface area contributed by atoms with Crippen molar-refractivity contribution in [2.75, 3.05) is 20.7 Å². The molecule has 0 amide bonds. The van der Waals surface area contributed by atoms with Gasteiger partial charge in [0.05, 0.1) is 6.54 Å². The van der Waals surface area contributed by atoms with Crippen molar-refractivity contribution in [3.63, 3.8) is 0 Å². The van der Waals surface area contributed by atoms with Crippen LogP contribution in [0, 0.1) is 0 Å². The van der Waals surface area contributed by atoms with Crippen LogP contribution in [-0.4, -0.2) is 30.3 Å². The smallest absolute Gasteiger partial charge is 0.405 e. The van der Waals surface area contributed by atoms with E-state index in [4.69, 9.17) is 9.26 Å². The lowest BCUT2D eigenvalue weighted by atomic mass is 10.1. The van der Waals surface area contributed by atoms with Crippen molar-refractivity contribution in [1.29, 1.82) is 0 Å². The zero-order valence-electron chi connectivity index (χ0n) is 14.0. The van der Waals surface area contributed by atoms with Gasteiger partial charge in [0.25, 0.3) is 0 Å². The third-order valence-electron chi connectivity index (χ3n) is 3.98. The number of rotatable bonds is 7. The number of hydrogen-bond donors (Lipinski definition) is 1. The van der Waals surface area contributed by atoms with Crippen LogP contribution in [-0.2, 0) is 9.09 Å². The fourth-order valence-electron chi connectivity index (χ4n) is 2.59. The molecule has 132 valence electrons.